The molecule has 26 heavy (non-hydrogen) atoms. The van der Waals surface area contributed by atoms with Gasteiger partial charge in [0, 0.05) is 36.0 Å². The number of aromatic nitrogens is 2. The molecule has 2 aliphatic heterocycles. The Labute approximate surface area is 159 Å². The van der Waals surface area contributed by atoms with Gasteiger partial charge >= 0.3 is 0 Å². The van der Waals surface area contributed by atoms with E-state index < -0.39 is 0 Å². The summed E-state index contributed by atoms with van der Waals surface area (Å²) in [6.07, 6.45) is 10.3. The van der Waals surface area contributed by atoms with Crippen molar-refractivity contribution >= 4 is 11.8 Å². The summed E-state index contributed by atoms with van der Waals surface area (Å²) in [5.74, 6) is 2.08. The van der Waals surface area contributed by atoms with Gasteiger partial charge < -0.3 is 4.74 Å². The maximum atomic E-state index is 13.6. The lowest BCUT2D eigenvalue weighted by Crippen LogP contribution is -2.33. The normalized spacial score (nSPS) is 20.3. The van der Waals surface area contributed by atoms with Gasteiger partial charge in [0.2, 0.25) is 5.88 Å². The second-order valence-electron chi connectivity index (χ2n) is 7.86. The Balaban J connectivity index is 1.53. The molecule has 0 spiro atoms. The van der Waals surface area contributed by atoms with Crippen LogP contribution < -0.4 is 4.74 Å². The van der Waals surface area contributed by atoms with E-state index in [0.717, 1.165) is 48.8 Å². The molecule has 0 atom stereocenters. The number of piperidine rings is 1. The molecule has 3 rings (SSSR count). The molecule has 142 valence electrons. The molecule has 0 unspecified atom stereocenters. The Kier molecular flexibility index (Phi) is 6.35. The molecule has 3 heterocycles. The Morgan fingerprint density at radius 2 is 2.00 bits per heavy atom. The van der Waals surface area contributed by atoms with Crippen LogP contribution in [0.1, 0.15) is 45.7 Å². The van der Waals surface area contributed by atoms with E-state index in [1.165, 1.54) is 0 Å². The molecular weight excluding hydrogens is 349 g/mol. The number of ether oxygens (including phenoxy) is 1. The largest absolute Gasteiger partial charge is 0.471 e. The SMILES string of the molecule is CC(C)(C)Oc1nccnc1CN1CCC(/C=C/C2=C(F)CCS2)CC1. The van der Waals surface area contributed by atoms with Gasteiger partial charge in [-0.15, -0.1) is 11.8 Å². The van der Waals surface area contributed by atoms with Crippen molar-refractivity contribution in [3.8, 4) is 5.88 Å². The van der Waals surface area contributed by atoms with Crippen LogP contribution >= 0.6 is 11.8 Å². The van der Waals surface area contributed by atoms with E-state index in [9.17, 15) is 4.39 Å². The van der Waals surface area contributed by atoms with Crippen LogP contribution in [0.25, 0.3) is 0 Å². The van der Waals surface area contributed by atoms with E-state index >= 15 is 0 Å². The monoisotopic (exact) mass is 377 g/mol. The quantitative estimate of drug-likeness (QED) is 0.741. The average molecular weight is 378 g/mol. The topological polar surface area (TPSA) is 38.3 Å². The number of allylic oxidation sites excluding steroid dienone is 3. The highest BCUT2D eigenvalue weighted by Crippen LogP contribution is 2.34. The summed E-state index contributed by atoms with van der Waals surface area (Å²) < 4.78 is 19.5. The van der Waals surface area contributed by atoms with E-state index in [0.29, 0.717) is 18.2 Å². The lowest BCUT2D eigenvalue weighted by atomic mass is 9.96. The highest BCUT2D eigenvalue weighted by Gasteiger charge is 2.22. The van der Waals surface area contributed by atoms with Crippen LogP contribution in [0.4, 0.5) is 4.39 Å². The second kappa shape index (κ2) is 8.53. The van der Waals surface area contributed by atoms with Gasteiger partial charge in [-0.25, -0.2) is 9.37 Å². The van der Waals surface area contributed by atoms with Crippen LogP contribution in [0.2, 0.25) is 0 Å². The van der Waals surface area contributed by atoms with Gasteiger partial charge in [0.15, 0.2) is 0 Å². The van der Waals surface area contributed by atoms with Crippen molar-refractivity contribution in [2.75, 3.05) is 18.8 Å². The maximum absolute atomic E-state index is 13.6. The van der Waals surface area contributed by atoms with Gasteiger partial charge in [0.1, 0.15) is 17.1 Å². The molecule has 1 aromatic heterocycles. The molecule has 1 saturated heterocycles. The summed E-state index contributed by atoms with van der Waals surface area (Å²) >= 11 is 1.63. The number of halogens is 1. The molecule has 0 amide bonds. The molecule has 0 aromatic carbocycles. The van der Waals surface area contributed by atoms with Crippen molar-refractivity contribution in [1.82, 2.24) is 14.9 Å². The van der Waals surface area contributed by atoms with Crippen LogP contribution in [0, 0.1) is 5.92 Å². The van der Waals surface area contributed by atoms with Crippen LogP contribution in [0.3, 0.4) is 0 Å². The van der Waals surface area contributed by atoms with Crippen LogP contribution in [0.15, 0.2) is 35.3 Å². The summed E-state index contributed by atoms with van der Waals surface area (Å²) in [7, 11) is 0. The zero-order valence-corrected chi connectivity index (χ0v) is 16.7. The first-order valence-electron chi connectivity index (χ1n) is 9.31. The summed E-state index contributed by atoms with van der Waals surface area (Å²) in [5.41, 5.74) is 0.608. The minimum Gasteiger partial charge on any atom is -0.471 e. The van der Waals surface area contributed by atoms with Crippen molar-refractivity contribution in [2.24, 2.45) is 5.92 Å². The molecule has 6 heteroatoms. The number of nitrogens with zero attached hydrogens (tertiary/aromatic N) is 3. The summed E-state index contributed by atoms with van der Waals surface area (Å²) in [4.78, 5) is 12.1. The number of hydrogen-bond donors (Lipinski definition) is 0. The first-order chi connectivity index (χ1) is 12.4. The summed E-state index contributed by atoms with van der Waals surface area (Å²) in [6, 6.07) is 0. The molecule has 1 aromatic rings. The van der Waals surface area contributed by atoms with Crippen molar-refractivity contribution in [3.05, 3.63) is 41.0 Å². The lowest BCUT2D eigenvalue weighted by molar-refractivity contribution is 0.117. The van der Waals surface area contributed by atoms with E-state index in [1.807, 2.05) is 26.8 Å². The van der Waals surface area contributed by atoms with Crippen molar-refractivity contribution in [2.45, 2.75) is 52.2 Å². The van der Waals surface area contributed by atoms with E-state index in [4.69, 9.17) is 4.74 Å². The lowest BCUT2D eigenvalue weighted by Gasteiger charge is -2.31. The number of likely N-dealkylation sites (tertiary alicyclic amines) is 1. The Bertz CT molecular complexity index is 676. The van der Waals surface area contributed by atoms with Gasteiger partial charge in [-0.3, -0.25) is 9.88 Å². The Hall–Kier alpha value is -1.40. The summed E-state index contributed by atoms with van der Waals surface area (Å²) in [5, 5.41) is 0. The van der Waals surface area contributed by atoms with Gasteiger partial charge in [0.25, 0.3) is 0 Å². The molecular formula is C20H28FN3OS. The van der Waals surface area contributed by atoms with Crippen molar-refractivity contribution < 1.29 is 9.13 Å². The third kappa shape index (κ3) is 5.55. The molecule has 0 saturated carbocycles. The highest BCUT2D eigenvalue weighted by atomic mass is 32.2. The number of hydrogen-bond acceptors (Lipinski definition) is 5. The van der Waals surface area contributed by atoms with Gasteiger partial charge in [-0.2, -0.15) is 0 Å². The Morgan fingerprint density at radius 1 is 1.27 bits per heavy atom. The molecule has 0 bridgehead atoms. The van der Waals surface area contributed by atoms with Crippen LogP contribution in [-0.4, -0.2) is 39.3 Å². The molecule has 0 aliphatic carbocycles. The highest BCUT2D eigenvalue weighted by molar-refractivity contribution is 8.03. The second-order valence-corrected chi connectivity index (χ2v) is 9.00. The average Bonchev–Trinajstić information content (AvgIpc) is 3.00. The predicted octanol–water partition coefficient (Wildman–Crippen LogP) is 4.74. The standard InChI is InChI=1S/C20H28FN3OS/c1-20(2,3)25-19-17(22-9-10-23-19)14-24-11-6-15(7-12-24)4-5-18-16(21)8-13-26-18/h4-5,9-10,15H,6-8,11-14H2,1-3H3/b5-4+. The van der Waals surface area contributed by atoms with Gasteiger partial charge in [0.05, 0.1) is 0 Å². The third-order valence-corrected chi connectivity index (χ3v) is 5.59. The van der Waals surface area contributed by atoms with Crippen molar-refractivity contribution in [1.29, 1.82) is 0 Å². The zero-order valence-electron chi connectivity index (χ0n) is 15.9. The van der Waals surface area contributed by atoms with E-state index in [1.54, 1.807) is 24.2 Å². The van der Waals surface area contributed by atoms with E-state index in [2.05, 4.69) is 20.9 Å². The molecule has 4 nitrogen and oxygen atoms in total. The van der Waals surface area contributed by atoms with E-state index in [-0.39, 0.29) is 11.4 Å². The van der Waals surface area contributed by atoms with Crippen LogP contribution in [-0.2, 0) is 6.54 Å². The third-order valence-electron chi connectivity index (χ3n) is 4.51. The predicted molar refractivity (Wildman–Crippen MR) is 105 cm³/mol. The van der Waals surface area contributed by atoms with Crippen LogP contribution in [0.5, 0.6) is 5.88 Å². The molecule has 1 fully saturated rings. The molecule has 0 N–H and O–H groups in total. The molecule has 2 aliphatic rings. The minimum absolute atomic E-state index is 0.0534. The number of rotatable bonds is 5. The zero-order chi connectivity index (χ0) is 18.6. The minimum atomic E-state index is -0.287. The Morgan fingerprint density at radius 3 is 2.65 bits per heavy atom. The first-order valence-corrected chi connectivity index (χ1v) is 10.3. The maximum Gasteiger partial charge on any atom is 0.237 e. The fraction of sp³-hybridized carbons (Fsp3) is 0.600. The van der Waals surface area contributed by atoms with Gasteiger partial charge in [-0.1, -0.05) is 6.08 Å². The number of thioether (sulfide) groups is 1. The van der Waals surface area contributed by atoms with Crippen molar-refractivity contribution in [3.63, 3.8) is 0 Å². The van der Waals surface area contributed by atoms with Gasteiger partial charge in [-0.05, 0) is 58.7 Å². The smallest absolute Gasteiger partial charge is 0.237 e. The molecule has 0 radical (unpaired) electrons. The fourth-order valence-electron chi connectivity index (χ4n) is 3.17. The first kappa shape index (κ1) is 19.4. The fourth-order valence-corrected chi connectivity index (χ4v) is 4.10. The summed E-state index contributed by atoms with van der Waals surface area (Å²) in [6.45, 7) is 8.83.